The second-order valence-corrected chi connectivity index (χ2v) is 7.95. The summed E-state index contributed by atoms with van der Waals surface area (Å²) >= 11 is 0. The molecule has 0 saturated carbocycles. The van der Waals surface area contributed by atoms with E-state index < -0.39 is 0 Å². The molecule has 2 amide bonds. The molecule has 0 unspecified atom stereocenters. The number of carbonyl (C=O) groups excluding carboxylic acids is 1. The Morgan fingerprint density at radius 2 is 1.86 bits per heavy atom. The largest absolute Gasteiger partial charge is 0.327 e. The van der Waals surface area contributed by atoms with Gasteiger partial charge in [0.2, 0.25) is 0 Å². The number of piperidine rings is 1. The third-order valence-electron chi connectivity index (χ3n) is 6.03. The lowest BCUT2D eigenvalue weighted by Gasteiger charge is -2.40. The van der Waals surface area contributed by atoms with E-state index in [1.54, 1.807) is 12.1 Å². The lowest BCUT2D eigenvalue weighted by atomic mass is 9.88. The van der Waals surface area contributed by atoms with Gasteiger partial charge in [-0.3, -0.25) is 0 Å². The molecular formula is C23H28FN3O. The van der Waals surface area contributed by atoms with Crippen molar-refractivity contribution in [2.24, 2.45) is 5.92 Å². The lowest BCUT2D eigenvalue weighted by molar-refractivity contribution is 0.137. The van der Waals surface area contributed by atoms with Gasteiger partial charge in [-0.2, -0.15) is 0 Å². The Kier molecular flexibility index (Phi) is 5.62. The van der Waals surface area contributed by atoms with Crippen LogP contribution >= 0.6 is 0 Å². The summed E-state index contributed by atoms with van der Waals surface area (Å²) in [5.41, 5.74) is 3.36. The number of nitrogens with one attached hydrogen (secondary N) is 1. The topological polar surface area (TPSA) is 35.6 Å². The van der Waals surface area contributed by atoms with E-state index in [0.717, 1.165) is 50.0 Å². The molecule has 0 aromatic heterocycles. The van der Waals surface area contributed by atoms with Crippen LogP contribution in [0.1, 0.15) is 35.6 Å². The first-order valence-electron chi connectivity index (χ1n) is 10.2. The lowest BCUT2D eigenvalue weighted by Crippen LogP contribution is -2.48. The number of halogens is 1. The van der Waals surface area contributed by atoms with Crippen molar-refractivity contribution in [3.05, 3.63) is 71.0 Å². The number of urea groups is 1. The molecule has 0 bridgehead atoms. The fraction of sp³-hybridized carbons (Fsp3) is 0.435. The summed E-state index contributed by atoms with van der Waals surface area (Å²) in [6.45, 7) is 3.52. The zero-order valence-electron chi connectivity index (χ0n) is 16.4. The maximum atomic E-state index is 13.5. The molecule has 2 aliphatic rings. The quantitative estimate of drug-likeness (QED) is 0.877. The first-order chi connectivity index (χ1) is 13.6. The number of hydrogen-bond donors (Lipinski definition) is 1. The second-order valence-electron chi connectivity index (χ2n) is 7.95. The van der Waals surface area contributed by atoms with Crippen molar-refractivity contribution in [1.29, 1.82) is 0 Å². The van der Waals surface area contributed by atoms with E-state index in [4.69, 9.17) is 0 Å². The number of benzene rings is 2. The van der Waals surface area contributed by atoms with E-state index in [1.165, 1.54) is 17.7 Å². The Hall–Kier alpha value is -2.40. The van der Waals surface area contributed by atoms with Crippen molar-refractivity contribution in [1.82, 2.24) is 15.1 Å². The predicted molar refractivity (Wildman–Crippen MR) is 109 cm³/mol. The van der Waals surface area contributed by atoms with Gasteiger partial charge in [0.25, 0.3) is 0 Å². The molecule has 2 aromatic rings. The average Bonchev–Trinajstić information content (AvgIpc) is 2.74. The van der Waals surface area contributed by atoms with Gasteiger partial charge < -0.3 is 15.1 Å². The van der Waals surface area contributed by atoms with Gasteiger partial charge in [-0.25, -0.2) is 9.18 Å². The van der Waals surface area contributed by atoms with Crippen molar-refractivity contribution in [2.75, 3.05) is 33.2 Å². The zero-order valence-corrected chi connectivity index (χ0v) is 16.4. The first-order valence-corrected chi connectivity index (χ1v) is 10.2. The standard InChI is InChI=1S/C23H28FN3O/c1-26(16-17-10-13-25-14-11-17)23(28)27-15-12-18-4-2-3-5-21(18)22(27)19-6-8-20(24)9-7-19/h2-9,17,22,25H,10-16H2,1H3/t22-/m0/s1. The van der Waals surface area contributed by atoms with Crippen LogP contribution in [0.3, 0.4) is 0 Å². The molecule has 4 rings (SSSR count). The molecule has 1 saturated heterocycles. The molecule has 1 fully saturated rings. The van der Waals surface area contributed by atoms with Crippen LogP contribution in [0.4, 0.5) is 9.18 Å². The minimum Gasteiger partial charge on any atom is -0.327 e. The fourth-order valence-corrected chi connectivity index (χ4v) is 4.53. The smallest absolute Gasteiger partial charge is 0.320 e. The van der Waals surface area contributed by atoms with Gasteiger partial charge in [-0.1, -0.05) is 36.4 Å². The van der Waals surface area contributed by atoms with E-state index in [0.29, 0.717) is 12.5 Å². The Labute approximate surface area is 166 Å². The summed E-state index contributed by atoms with van der Waals surface area (Å²) < 4.78 is 13.5. The summed E-state index contributed by atoms with van der Waals surface area (Å²) in [6.07, 6.45) is 3.07. The van der Waals surface area contributed by atoms with Crippen LogP contribution < -0.4 is 5.32 Å². The van der Waals surface area contributed by atoms with Crippen LogP contribution in [-0.2, 0) is 6.42 Å². The molecule has 28 heavy (non-hydrogen) atoms. The Bertz CT molecular complexity index is 817. The van der Waals surface area contributed by atoms with Crippen molar-refractivity contribution >= 4 is 6.03 Å². The number of carbonyl (C=O) groups is 1. The van der Waals surface area contributed by atoms with E-state index in [2.05, 4.69) is 17.4 Å². The van der Waals surface area contributed by atoms with Crippen molar-refractivity contribution < 1.29 is 9.18 Å². The van der Waals surface area contributed by atoms with Gasteiger partial charge in [0.15, 0.2) is 0 Å². The van der Waals surface area contributed by atoms with Gasteiger partial charge in [0.1, 0.15) is 5.82 Å². The molecule has 0 aliphatic carbocycles. The molecule has 0 radical (unpaired) electrons. The maximum Gasteiger partial charge on any atom is 0.320 e. The molecule has 2 heterocycles. The Morgan fingerprint density at radius 3 is 2.61 bits per heavy atom. The second kappa shape index (κ2) is 8.31. The van der Waals surface area contributed by atoms with Gasteiger partial charge in [-0.15, -0.1) is 0 Å². The number of hydrogen-bond acceptors (Lipinski definition) is 2. The van der Waals surface area contributed by atoms with Crippen molar-refractivity contribution in [3.63, 3.8) is 0 Å². The van der Waals surface area contributed by atoms with Gasteiger partial charge in [0.05, 0.1) is 6.04 Å². The van der Waals surface area contributed by atoms with Gasteiger partial charge in [0, 0.05) is 20.1 Å². The highest BCUT2D eigenvalue weighted by Crippen LogP contribution is 2.35. The molecule has 2 aliphatic heterocycles. The van der Waals surface area contributed by atoms with Crippen LogP contribution in [0.5, 0.6) is 0 Å². The van der Waals surface area contributed by atoms with E-state index in [9.17, 15) is 9.18 Å². The molecule has 148 valence electrons. The van der Waals surface area contributed by atoms with Crippen LogP contribution in [0.25, 0.3) is 0 Å². The number of nitrogens with zero attached hydrogens (tertiary/aromatic N) is 2. The predicted octanol–water partition coefficient (Wildman–Crippen LogP) is 3.82. The number of amides is 2. The van der Waals surface area contributed by atoms with E-state index >= 15 is 0 Å². The summed E-state index contributed by atoms with van der Waals surface area (Å²) in [5, 5.41) is 3.38. The van der Waals surface area contributed by atoms with E-state index in [1.807, 2.05) is 29.0 Å². The van der Waals surface area contributed by atoms with Crippen LogP contribution in [0.2, 0.25) is 0 Å². The van der Waals surface area contributed by atoms with E-state index in [-0.39, 0.29) is 17.9 Å². The zero-order chi connectivity index (χ0) is 19.5. The van der Waals surface area contributed by atoms with Crippen molar-refractivity contribution in [2.45, 2.75) is 25.3 Å². The SMILES string of the molecule is CN(CC1CCNCC1)C(=O)N1CCc2ccccc2[C@@H]1c1ccc(F)cc1. The molecule has 1 N–H and O–H groups in total. The minimum absolute atomic E-state index is 0.0577. The van der Waals surface area contributed by atoms with Crippen LogP contribution in [-0.4, -0.2) is 49.1 Å². The number of rotatable bonds is 3. The highest BCUT2D eigenvalue weighted by Gasteiger charge is 2.34. The minimum atomic E-state index is -0.256. The normalized spacial score (nSPS) is 19.9. The van der Waals surface area contributed by atoms with Gasteiger partial charge >= 0.3 is 6.03 Å². The molecule has 2 aromatic carbocycles. The summed E-state index contributed by atoms with van der Waals surface area (Å²) in [6, 6.07) is 14.7. The van der Waals surface area contributed by atoms with Crippen molar-refractivity contribution in [3.8, 4) is 0 Å². The first kappa shape index (κ1) is 18.9. The number of fused-ring (bicyclic) bond motifs is 1. The average molecular weight is 381 g/mol. The Morgan fingerprint density at radius 1 is 1.14 bits per heavy atom. The fourth-order valence-electron chi connectivity index (χ4n) is 4.53. The summed E-state index contributed by atoms with van der Waals surface area (Å²) in [5.74, 6) is 0.297. The summed E-state index contributed by atoms with van der Waals surface area (Å²) in [4.78, 5) is 17.2. The third kappa shape index (κ3) is 3.90. The molecule has 5 heteroatoms. The highest BCUT2D eigenvalue weighted by atomic mass is 19.1. The maximum absolute atomic E-state index is 13.5. The van der Waals surface area contributed by atoms with Crippen LogP contribution in [0.15, 0.2) is 48.5 Å². The molecule has 1 atom stereocenters. The highest BCUT2D eigenvalue weighted by molar-refractivity contribution is 5.76. The molecule has 4 nitrogen and oxygen atoms in total. The molecule has 0 spiro atoms. The molecular weight excluding hydrogens is 353 g/mol. The third-order valence-corrected chi connectivity index (χ3v) is 6.03. The van der Waals surface area contributed by atoms with Crippen LogP contribution in [0, 0.1) is 11.7 Å². The Balaban J connectivity index is 1.60. The summed E-state index contributed by atoms with van der Waals surface area (Å²) in [7, 11) is 1.91. The van der Waals surface area contributed by atoms with Gasteiger partial charge in [-0.05, 0) is 67.1 Å². The monoisotopic (exact) mass is 381 g/mol.